The van der Waals surface area contributed by atoms with E-state index in [2.05, 4.69) is 58.7 Å². The standard InChI is InChI=1S/C34H54N6/c1-5-6-7-11-19-38-20-12-18-34(25-38)23-30(24-34)33(37)40(28(4)35)27(3)22-31-16-15-26(2)39(31)21-17-32(36)29-13-9-8-10-14-29/h1,8-10,13-14,26-27,30-32,35,37H,6-7,11-12,15-25,36H2,2-4H3. The third-order valence-corrected chi connectivity index (χ3v) is 10.1. The molecule has 1 saturated carbocycles. The van der Waals surface area contributed by atoms with Crippen molar-refractivity contribution in [2.24, 2.45) is 17.1 Å². The molecule has 4 unspecified atom stereocenters. The summed E-state index contributed by atoms with van der Waals surface area (Å²) in [6, 6.07) is 11.7. The number of amidine groups is 2. The van der Waals surface area contributed by atoms with Crippen LogP contribution in [0.1, 0.15) is 103 Å². The predicted octanol–water partition coefficient (Wildman–Crippen LogP) is 6.28. The lowest BCUT2D eigenvalue weighted by Gasteiger charge is -2.54. The van der Waals surface area contributed by atoms with Gasteiger partial charge in [0.15, 0.2) is 0 Å². The fourth-order valence-corrected chi connectivity index (χ4v) is 7.96. The third-order valence-electron chi connectivity index (χ3n) is 10.1. The second-order valence-electron chi connectivity index (χ2n) is 13.2. The normalized spacial score (nSPS) is 28.5. The van der Waals surface area contributed by atoms with E-state index in [1.807, 2.05) is 13.0 Å². The van der Waals surface area contributed by atoms with Gasteiger partial charge >= 0.3 is 0 Å². The van der Waals surface area contributed by atoms with Crippen LogP contribution in [0.25, 0.3) is 0 Å². The van der Waals surface area contributed by atoms with E-state index in [0.717, 1.165) is 51.6 Å². The maximum atomic E-state index is 9.19. The molecule has 4 N–H and O–H groups in total. The number of piperidine rings is 1. The number of hydrogen-bond donors (Lipinski definition) is 3. The topological polar surface area (TPSA) is 83.4 Å². The van der Waals surface area contributed by atoms with E-state index in [1.54, 1.807) is 0 Å². The number of terminal acetylenes is 1. The van der Waals surface area contributed by atoms with Crippen LogP contribution in [-0.4, -0.2) is 70.7 Å². The van der Waals surface area contributed by atoms with Gasteiger partial charge in [-0.3, -0.25) is 15.7 Å². The van der Waals surface area contributed by atoms with Gasteiger partial charge in [0.2, 0.25) is 0 Å². The Kier molecular flexibility index (Phi) is 10.9. The van der Waals surface area contributed by atoms with Crippen LogP contribution >= 0.6 is 0 Å². The molecule has 0 radical (unpaired) electrons. The molecule has 6 nitrogen and oxygen atoms in total. The highest BCUT2D eigenvalue weighted by Crippen LogP contribution is 2.52. The molecule has 2 heterocycles. The first kappa shape index (κ1) is 30.8. The van der Waals surface area contributed by atoms with Gasteiger partial charge in [0.25, 0.3) is 0 Å². The minimum absolute atomic E-state index is 0.0603. The zero-order valence-electron chi connectivity index (χ0n) is 25.4. The molecule has 4 atom stereocenters. The highest BCUT2D eigenvalue weighted by molar-refractivity contribution is 5.98. The van der Waals surface area contributed by atoms with Gasteiger partial charge < -0.3 is 15.5 Å². The van der Waals surface area contributed by atoms with E-state index in [-0.39, 0.29) is 18.0 Å². The average molecular weight is 547 g/mol. The first-order valence-electron chi connectivity index (χ1n) is 15.9. The second-order valence-corrected chi connectivity index (χ2v) is 13.2. The number of benzene rings is 1. The smallest absolute Gasteiger partial charge is 0.105 e. The molecule has 40 heavy (non-hydrogen) atoms. The van der Waals surface area contributed by atoms with Crippen LogP contribution in [0, 0.1) is 34.5 Å². The molecule has 1 aliphatic carbocycles. The van der Waals surface area contributed by atoms with Gasteiger partial charge in [-0.2, -0.15) is 0 Å². The van der Waals surface area contributed by atoms with Crippen molar-refractivity contribution >= 4 is 11.7 Å². The van der Waals surface area contributed by atoms with E-state index in [0.29, 0.717) is 29.2 Å². The Morgan fingerprint density at radius 3 is 2.62 bits per heavy atom. The molecule has 0 bridgehead atoms. The van der Waals surface area contributed by atoms with Crippen LogP contribution in [0.5, 0.6) is 0 Å². The Labute approximate surface area is 244 Å². The molecule has 220 valence electrons. The maximum Gasteiger partial charge on any atom is 0.105 e. The molecular formula is C34H54N6. The first-order valence-corrected chi connectivity index (χ1v) is 15.9. The van der Waals surface area contributed by atoms with Crippen LogP contribution in [0.3, 0.4) is 0 Å². The number of nitrogens with two attached hydrogens (primary N) is 1. The zero-order chi connectivity index (χ0) is 28.7. The Morgan fingerprint density at radius 2 is 1.93 bits per heavy atom. The van der Waals surface area contributed by atoms with Crippen molar-refractivity contribution in [3.8, 4) is 12.3 Å². The molecule has 2 aliphatic heterocycles. The number of hydrogen-bond acceptors (Lipinski definition) is 5. The van der Waals surface area contributed by atoms with Gasteiger partial charge in [0.1, 0.15) is 5.84 Å². The molecule has 2 saturated heterocycles. The van der Waals surface area contributed by atoms with Gasteiger partial charge in [-0.05, 0) is 109 Å². The summed E-state index contributed by atoms with van der Waals surface area (Å²) in [5.41, 5.74) is 8.14. The first-order chi connectivity index (χ1) is 19.2. The SMILES string of the molecule is C#CCCCCN1CCCC2(CC(C(=N)N(C(C)=N)C(C)CC3CCC(C)N3CCC(N)c3ccccc3)C2)C1. The lowest BCUT2D eigenvalue weighted by molar-refractivity contribution is -0.00447. The highest BCUT2D eigenvalue weighted by atomic mass is 15.3. The summed E-state index contributed by atoms with van der Waals surface area (Å²) in [7, 11) is 0. The summed E-state index contributed by atoms with van der Waals surface area (Å²) < 4.78 is 0. The molecule has 0 aromatic heterocycles. The minimum Gasteiger partial charge on any atom is -0.324 e. The Morgan fingerprint density at radius 1 is 1.18 bits per heavy atom. The number of nitrogens with zero attached hydrogens (tertiary/aromatic N) is 3. The van der Waals surface area contributed by atoms with Crippen molar-refractivity contribution in [3.05, 3.63) is 35.9 Å². The van der Waals surface area contributed by atoms with Crippen molar-refractivity contribution in [1.29, 1.82) is 10.8 Å². The fourth-order valence-electron chi connectivity index (χ4n) is 7.96. The van der Waals surface area contributed by atoms with E-state index in [1.165, 1.54) is 50.8 Å². The predicted molar refractivity (Wildman–Crippen MR) is 168 cm³/mol. The lowest BCUT2D eigenvalue weighted by atomic mass is 9.58. The van der Waals surface area contributed by atoms with Gasteiger partial charge in [-0.15, -0.1) is 12.3 Å². The van der Waals surface area contributed by atoms with Crippen LogP contribution in [0.15, 0.2) is 30.3 Å². The third kappa shape index (κ3) is 7.55. The molecule has 1 aromatic carbocycles. The Balaban J connectivity index is 1.29. The van der Waals surface area contributed by atoms with Crippen molar-refractivity contribution < 1.29 is 0 Å². The summed E-state index contributed by atoms with van der Waals surface area (Å²) in [6.45, 7) is 11.0. The average Bonchev–Trinajstić information content (AvgIpc) is 3.27. The maximum absolute atomic E-state index is 9.19. The molecule has 4 rings (SSSR count). The number of unbranched alkanes of at least 4 members (excludes halogenated alkanes) is 2. The van der Waals surface area contributed by atoms with E-state index in [9.17, 15) is 5.41 Å². The van der Waals surface area contributed by atoms with E-state index < -0.39 is 0 Å². The Hall–Kier alpha value is -2.20. The quantitative estimate of drug-likeness (QED) is 0.125. The molecule has 1 aromatic rings. The summed E-state index contributed by atoms with van der Waals surface area (Å²) in [5, 5.41) is 17.8. The van der Waals surface area contributed by atoms with Crippen LogP contribution in [0.2, 0.25) is 0 Å². The monoisotopic (exact) mass is 546 g/mol. The van der Waals surface area contributed by atoms with Crippen molar-refractivity contribution in [1.82, 2.24) is 14.7 Å². The van der Waals surface area contributed by atoms with E-state index >= 15 is 0 Å². The number of rotatable bonds is 12. The molecule has 3 aliphatic rings. The highest BCUT2D eigenvalue weighted by Gasteiger charge is 2.49. The number of likely N-dealkylation sites (tertiary alicyclic amines) is 2. The van der Waals surface area contributed by atoms with Crippen LogP contribution < -0.4 is 5.73 Å². The van der Waals surface area contributed by atoms with Crippen molar-refractivity contribution in [2.75, 3.05) is 26.2 Å². The zero-order valence-corrected chi connectivity index (χ0v) is 25.4. The summed E-state index contributed by atoms with van der Waals surface area (Å²) in [4.78, 5) is 7.34. The number of nitrogens with one attached hydrogen (secondary N) is 2. The molecule has 0 amide bonds. The Bertz CT molecular complexity index is 1010. The molecule has 3 fully saturated rings. The van der Waals surface area contributed by atoms with Crippen molar-refractivity contribution in [3.63, 3.8) is 0 Å². The molecule has 1 spiro atoms. The van der Waals surface area contributed by atoms with E-state index in [4.69, 9.17) is 17.6 Å². The van der Waals surface area contributed by atoms with Gasteiger partial charge in [0, 0.05) is 49.6 Å². The summed E-state index contributed by atoms with van der Waals surface area (Å²) >= 11 is 0. The summed E-state index contributed by atoms with van der Waals surface area (Å²) in [5.74, 6) is 4.24. The lowest BCUT2D eigenvalue weighted by Crippen LogP contribution is -2.56. The van der Waals surface area contributed by atoms with Crippen molar-refractivity contribution in [2.45, 2.75) is 116 Å². The van der Waals surface area contributed by atoms with Crippen LogP contribution in [-0.2, 0) is 0 Å². The molecule has 6 heteroatoms. The summed E-state index contributed by atoms with van der Waals surface area (Å²) in [6.07, 6.45) is 17.7. The molecular weight excluding hydrogens is 492 g/mol. The minimum atomic E-state index is 0.0603. The van der Waals surface area contributed by atoms with Gasteiger partial charge in [-0.1, -0.05) is 30.3 Å². The van der Waals surface area contributed by atoms with Gasteiger partial charge in [0.05, 0.1) is 5.84 Å². The van der Waals surface area contributed by atoms with Crippen LogP contribution in [0.4, 0.5) is 0 Å². The fraction of sp³-hybridized carbons (Fsp3) is 0.706. The largest absolute Gasteiger partial charge is 0.324 e. The second kappa shape index (κ2) is 14.1. The van der Waals surface area contributed by atoms with Gasteiger partial charge in [-0.25, -0.2) is 0 Å².